The number of nitrogens with one attached hydrogen (secondary N) is 3. The predicted molar refractivity (Wildman–Crippen MR) is 139 cm³/mol. The zero-order chi connectivity index (χ0) is 25.2. The summed E-state index contributed by atoms with van der Waals surface area (Å²) in [5.74, 6) is -0.872. The number of anilines is 1. The Balaban J connectivity index is 1.47. The lowest BCUT2D eigenvalue weighted by molar-refractivity contribution is -0.124. The number of ether oxygens (including phenoxy) is 1. The molecule has 3 aromatic rings. The number of hydrogen-bond donors (Lipinski definition) is 3. The highest BCUT2D eigenvalue weighted by Crippen LogP contribution is 2.23. The zero-order valence-corrected chi connectivity index (χ0v) is 21.3. The number of hydrazine groups is 1. The summed E-state index contributed by atoms with van der Waals surface area (Å²) < 4.78 is 6.53. The summed E-state index contributed by atoms with van der Waals surface area (Å²) in [5, 5.41) is 2.77. The van der Waals surface area contributed by atoms with Gasteiger partial charge in [-0.25, -0.2) is 0 Å². The van der Waals surface area contributed by atoms with Gasteiger partial charge in [0.2, 0.25) is 11.8 Å². The second-order valence-corrected chi connectivity index (χ2v) is 8.99. The van der Waals surface area contributed by atoms with Crippen LogP contribution in [-0.2, 0) is 16.0 Å². The third-order valence-electron chi connectivity index (χ3n) is 5.36. The molecule has 0 atom stereocenters. The predicted octanol–water partition coefficient (Wildman–Crippen LogP) is 4.87. The van der Waals surface area contributed by atoms with Crippen LogP contribution in [0.15, 0.2) is 71.2 Å². The first-order valence-electron chi connectivity index (χ1n) is 11.2. The van der Waals surface area contributed by atoms with Crippen LogP contribution < -0.4 is 20.9 Å². The Labute approximate surface area is 213 Å². The maximum atomic E-state index is 12.7. The van der Waals surface area contributed by atoms with Crippen LogP contribution in [0.1, 0.15) is 39.9 Å². The first kappa shape index (κ1) is 26.0. The molecule has 0 saturated carbocycles. The van der Waals surface area contributed by atoms with Crippen LogP contribution in [0.4, 0.5) is 5.69 Å². The SMILES string of the molecule is Cc1ccc(NC(=O)CCC(=O)NNC(=O)c2cc(Br)ccc2OCCc2ccccc2)cc1C. The molecule has 3 rings (SSSR count). The maximum absolute atomic E-state index is 12.7. The van der Waals surface area contributed by atoms with E-state index < -0.39 is 11.8 Å². The molecule has 0 saturated heterocycles. The zero-order valence-electron chi connectivity index (χ0n) is 19.7. The largest absolute Gasteiger partial charge is 0.492 e. The fourth-order valence-corrected chi connectivity index (χ4v) is 3.62. The Hall–Kier alpha value is -3.65. The van der Waals surface area contributed by atoms with Crippen LogP contribution in [0.5, 0.6) is 5.75 Å². The molecular weight excluding hydrogens is 510 g/mol. The number of aryl methyl sites for hydroxylation is 2. The molecule has 0 fully saturated rings. The van der Waals surface area contributed by atoms with Crippen LogP contribution in [0.25, 0.3) is 0 Å². The lowest BCUT2D eigenvalue weighted by atomic mass is 10.1. The number of amides is 3. The van der Waals surface area contributed by atoms with Gasteiger partial charge in [-0.2, -0.15) is 0 Å². The molecule has 0 aliphatic carbocycles. The molecule has 0 radical (unpaired) electrons. The topological polar surface area (TPSA) is 96.5 Å². The lowest BCUT2D eigenvalue weighted by Crippen LogP contribution is -2.42. The Morgan fingerprint density at radius 1 is 0.829 bits per heavy atom. The van der Waals surface area contributed by atoms with E-state index in [1.165, 1.54) is 0 Å². The Bertz CT molecular complexity index is 1200. The number of carbonyl (C=O) groups excluding carboxylic acids is 3. The first-order valence-corrected chi connectivity index (χ1v) is 12.0. The molecule has 0 bridgehead atoms. The van der Waals surface area contributed by atoms with Crippen molar-refractivity contribution in [2.45, 2.75) is 33.1 Å². The third kappa shape index (κ3) is 8.26. The van der Waals surface area contributed by atoms with Crippen LogP contribution in [0.3, 0.4) is 0 Å². The number of hydrogen-bond acceptors (Lipinski definition) is 4. The molecule has 0 aliphatic rings. The van der Waals surface area contributed by atoms with Crippen molar-refractivity contribution in [3.63, 3.8) is 0 Å². The van der Waals surface area contributed by atoms with Gasteiger partial charge in [0.1, 0.15) is 5.75 Å². The summed E-state index contributed by atoms with van der Waals surface area (Å²) in [6, 6.07) is 20.6. The molecule has 0 unspecified atom stereocenters. The summed E-state index contributed by atoms with van der Waals surface area (Å²) in [6.07, 6.45) is 0.605. The van der Waals surface area contributed by atoms with Gasteiger partial charge in [-0.15, -0.1) is 0 Å². The molecule has 8 heteroatoms. The first-order chi connectivity index (χ1) is 16.8. The van der Waals surface area contributed by atoms with Crippen LogP contribution in [0, 0.1) is 13.8 Å². The quantitative estimate of drug-likeness (QED) is 0.339. The van der Waals surface area contributed by atoms with Crippen molar-refractivity contribution in [3.8, 4) is 5.75 Å². The van der Waals surface area contributed by atoms with Gasteiger partial charge < -0.3 is 10.1 Å². The van der Waals surface area contributed by atoms with E-state index in [1.807, 2.05) is 62.4 Å². The maximum Gasteiger partial charge on any atom is 0.273 e. The number of rotatable bonds is 9. The van der Waals surface area contributed by atoms with E-state index in [0.29, 0.717) is 28.9 Å². The number of halogens is 1. The molecule has 0 aromatic heterocycles. The van der Waals surface area contributed by atoms with E-state index in [9.17, 15) is 14.4 Å². The van der Waals surface area contributed by atoms with Gasteiger partial charge in [0.05, 0.1) is 12.2 Å². The average Bonchev–Trinajstić information content (AvgIpc) is 2.85. The minimum Gasteiger partial charge on any atom is -0.492 e. The highest BCUT2D eigenvalue weighted by molar-refractivity contribution is 9.10. The second-order valence-electron chi connectivity index (χ2n) is 8.07. The van der Waals surface area contributed by atoms with Gasteiger partial charge in [-0.3, -0.25) is 25.2 Å². The van der Waals surface area contributed by atoms with E-state index >= 15 is 0 Å². The standard InChI is InChI=1S/C27H28BrN3O4/c1-18-8-10-22(16-19(18)2)29-25(32)12-13-26(33)30-31-27(34)23-17-21(28)9-11-24(23)35-15-14-20-6-4-3-5-7-20/h3-11,16-17H,12-15H2,1-2H3,(H,29,32)(H,30,33)(H,31,34). The summed E-state index contributed by atoms with van der Waals surface area (Å²) >= 11 is 3.36. The van der Waals surface area contributed by atoms with E-state index in [2.05, 4.69) is 32.1 Å². The lowest BCUT2D eigenvalue weighted by Gasteiger charge is -2.13. The molecule has 182 valence electrons. The molecule has 35 heavy (non-hydrogen) atoms. The van der Waals surface area contributed by atoms with E-state index in [0.717, 1.165) is 16.7 Å². The Morgan fingerprint density at radius 2 is 1.57 bits per heavy atom. The van der Waals surface area contributed by atoms with E-state index in [1.54, 1.807) is 18.2 Å². The molecule has 3 N–H and O–H groups in total. The van der Waals surface area contributed by atoms with Crippen molar-refractivity contribution in [3.05, 3.63) is 93.5 Å². The minimum absolute atomic E-state index is 0.0145. The fourth-order valence-electron chi connectivity index (χ4n) is 3.26. The Morgan fingerprint density at radius 3 is 2.31 bits per heavy atom. The van der Waals surface area contributed by atoms with Crippen molar-refractivity contribution in [1.29, 1.82) is 0 Å². The van der Waals surface area contributed by atoms with Crippen molar-refractivity contribution in [2.24, 2.45) is 0 Å². The van der Waals surface area contributed by atoms with Crippen molar-refractivity contribution in [1.82, 2.24) is 10.9 Å². The molecule has 3 aromatic carbocycles. The van der Waals surface area contributed by atoms with Crippen molar-refractivity contribution < 1.29 is 19.1 Å². The molecular formula is C27H28BrN3O4. The number of carbonyl (C=O) groups is 3. The van der Waals surface area contributed by atoms with Gasteiger partial charge in [0.25, 0.3) is 5.91 Å². The van der Waals surface area contributed by atoms with Gasteiger partial charge >= 0.3 is 0 Å². The van der Waals surface area contributed by atoms with E-state index in [4.69, 9.17) is 4.74 Å². The second kappa shape index (κ2) is 12.7. The summed E-state index contributed by atoms with van der Waals surface area (Å²) in [5.41, 5.74) is 9.04. The Kier molecular flexibility index (Phi) is 9.43. The summed E-state index contributed by atoms with van der Waals surface area (Å²) in [4.78, 5) is 37.0. The normalized spacial score (nSPS) is 10.4. The van der Waals surface area contributed by atoms with E-state index in [-0.39, 0.29) is 24.3 Å². The van der Waals surface area contributed by atoms with Crippen LogP contribution in [-0.4, -0.2) is 24.3 Å². The van der Waals surface area contributed by atoms with Crippen molar-refractivity contribution >= 4 is 39.3 Å². The smallest absolute Gasteiger partial charge is 0.273 e. The highest BCUT2D eigenvalue weighted by Gasteiger charge is 2.15. The number of benzene rings is 3. The molecule has 3 amide bonds. The van der Waals surface area contributed by atoms with Gasteiger partial charge in [0.15, 0.2) is 0 Å². The van der Waals surface area contributed by atoms with Crippen LogP contribution in [0.2, 0.25) is 0 Å². The van der Waals surface area contributed by atoms with Gasteiger partial charge in [-0.05, 0) is 60.9 Å². The third-order valence-corrected chi connectivity index (χ3v) is 5.86. The van der Waals surface area contributed by atoms with Gasteiger partial charge in [0, 0.05) is 29.4 Å². The van der Waals surface area contributed by atoms with Crippen molar-refractivity contribution in [2.75, 3.05) is 11.9 Å². The average molecular weight is 538 g/mol. The fraction of sp³-hybridized carbons (Fsp3) is 0.222. The highest BCUT2D eigenvalue weighted by atomic mass is 79.9. The monoisotopic (exact) mass is 537 g/mol. The molecule has 0 heterocycles. The summed E-state index contributed by atoms with van der Waals surface area (Å²) in [6.45, 7) is 4.35. The molecule has 0 spiro atoms. The molecule has 0 aliphatic heterocycles. The van der Waals surface area contributed by atoms with Crippen LogP contribution >= 0.6 is 15.9 Å². The van der Waals surface area contributed by atoms with Gasteiger partial charge in [-0.1, -0.05) is 52.3 Å². The molecule has 7 nitrogen and oxygen atoms in total. The minimum atomic E-state index is -0.519. The summed E-state index contributed by atoms with van der Waals surface area (Å²) in [7, 11) is 0.